The molecular formula is C15H17N3O3S. The molecule has 0 bridgehead atoms. The fourth-order valence-electron chi connectivity index (χ4n) is 2.46. The number of hydrogen-bond acceptors (Lipinski definition) is 6. The molecule has 1 aromatic carbocycles. The van der Waals surface area contributed by atoms with Crippen molar-refractivity contribution >= 4 is 28.1 Å². The van der Waals surface area contributed by atoms with Crippen molar-refractivity contribution in [1.29, 1.82) is 0 Å². The summed E-state index contributed by atoms with van der Waals surface area (Å²) in [6.07, 6.45) is 2.45. The second-order valence-electron chi connectivity index (χ2n) is 4.88. The number of nitrogens with one attached hydrogen (secondary N) is 1. The number of ether oxygens (including phenoxy) is 2. The molecule has 1 atom stereocenters. The third-order valence-corrected chi connectivity index (χ3v) is 4.29. The zero-order valence-corrected chi connectivity index (χ0v) is 13.2. The summed E-state index contributed by atoms with van der Waals surface area (Å²) in [4.78, 5) is 18.5. The zero-order chi connectivity index (χ0) is 15.5. The normalized spacial score (nSPS) is 17.6. The van der Waals surface area contributed by atoms with E-state index in [0.717, 1.165) is 17.2 Å². The highest BCUT2D eigenvalue weighted by atomic mass is 32.1. The van der Waals surface area contributed by atoms with Crippen LogP contribution >= 0.6 is 11.3 Å². The molecule has 1 aromatic heterocycles. The van der Waals surface area contributed by atoms with Gasteiger partial charge in [-0.1, -0.05) is 0 Å². The topological polar surface area (TPSA) is 63.7 Å². The minimum Gasteiger partial charge on any atom is -0.497 e. The Hall–Kier alpha value is -2.28. The molecule has 22 heavy (non-hydrogen) atoms. The SMILES string of the molecule is COc1cc(OC)cc(N2CCC(Nc3nccs3)C2=O)c1. The van der Waals surface area contributed by atoms with Gasteiger partial charge in [0.25, 0.3) is 0 Å². The van der Waals surface area contributed by atoms with Crippen LogP contribution in [0.2, 0.25) is 0 Å². The summed E-state index contributed by atoms with van der Waals surface area (Å²) < 4.78 is 10.5. The molecule has 0 saturated carbocycles. The van der Waals surface area contributed by atoms with E-state index in [1.54, 1.807) is 31.4 Å². The maximum absolute atomic E-state index is 12.6. The first kappa shape index (κ1) is 14.6. The van der Waals surface area contributed by atoms with Crippen LogP contribution in [0.4, 0.5) is 10.8 Å². The fourth-order valence-corrected chi connectivity index (χ4v) is 3.04. The Morgan fingerprint density at radius 3 is 2.59 bits per heavy atom. The lowest BCUT2D eigenvalue weighted by Crippen LogP contribution is -2.33. The smallest absolute Gasteiger partial charge is 0.249 e. The molecule has 1 aliphatic heterocycles. The first-order valence-electron chi connectivity index (χ1n) is 6.91. The lowest BCUT2D eigenvalue weighted by atomic mass is 10.2. The van der Waals surface area contributed by atoms with Crippen molar-refractivity contribution in [2.75, 3.05) is 31.0 Å². The lowest BCUT2D eigenvalue weighted by Gasteiger charge is -2.19. The van der Waals surface area contributed by atoms with Crippen molar-refractivity contribution in [2.24, 2.45) is 0 Å². The highest BCUT2D eigenvalue weighted by Crippen LogP contribution is 2.31. The van der Waals surface area contributed by atoms with E-state index in [1.165, 1.54) is 11.3 Å². The van der Waals surface area contributed by atoms with Gasteiger partial charge in [0.15, 0.2) is 5.13 Å². The summed E-state index contributed by atoms with van der Waals surface area (Å²) in [6, 6.07) is 5.22. The molecule has 1 N–H and O–H groups in total. The quantitative estimate of drug-likeness (QED) is 0.917. The molecule has 1 saturated heterocycles. The summed E-state index contributed by atoms with van der Waals surface area (Å²) in [6.45, 7) is 0.651. The summed E-state index contributed by atoms with van der Waals surface area (Å²) in [7, 11) is 3.19. The maximum Gasteiger partial charge on any atom is 0.249 e. The number of benzene rings is 1. The predicted molar refractivity (Wildman–Crippen MR) is 86.0 cm³/mol. The first-order valence-corrected chi connectivity index (χ1v) is 7.79. The monoisotopic (exact) mass is 319 g/mol. The van der Waals surface area contributed by atoms with Crippen molar-refractivity contribution in [3.8, 4) is 11.5 Å². The highest BCUT2D eigenvalue weighted by Gasteiger charge is 2.33. The van der Waals surface area contributed by atoms with Gasteiger partial charge < -0.3 is 19.7 Å². The number of aromatic nitrogens is 1. The van der Waals surface area contributed by atoms with E-state index in [0.29, 0.717) is 18.0 Å². The van der Waals surface area contributed by atoms with E-state index in [1.807, 2.05) is 17.5 Å². The van der Waals surface area contributed by atoms with Gasteiger partial charge >= 0.3 is 0 Å². The third kappa shape index (κ3) is 2.85. The number of carbonyl (C=O) groups excluding carboxylic acids is 1. The second kappa shape index (κ2) is 6.23. The van der Waals surface area contributed by atoms with Crippen molar-refractivity contribution in [1.82, 2.24) is 4.98 Å². The molecule has 1 unspecified atom stereocenters. The third-order valence-electron chi connectivity index (χ3n) is 3.58. The van der Waals surface area contributed by atoms with Crippen LogP contribution in [0.15, 0.2) is 29.8 Å². The molecule has 0 aliphatic carbocycles. The van der Waals surface area contributed by atoms with Crippen molar-refractivity contribution in [2.45, 2.75) is 12.5 Å². The molecule has 6 nitrogen and oxygen atoms in total. The Morgan fingerprint density at radius 1 is 1.27 bits per heavy atom. The summed E-state index contributed by atoms with van der Waals surface area (Å²) in [5.74, 6) is 1.36. The largest absolute Gasteiger partial charge is 0.497 e. The molecule has 0 spiro atoms. The van der Waals surface area contributed by atoms with Gasteiger partial charge in [-0.2, -0.15) is 0 Å². The van der Waals surface area contributed by atoms with Gasteiger partial charge in [-0.05, 0) is 6.42 Å². The predicted octanol–water partition coefficient (Wildman–Crippen LogP) is 2.38. The van der Waals surface area contributed by atoms with E-state index in [4.69, 9.17) is 9.47 Å². The van der Waals surface area contributed by atoms with Gasteiger partial charge in [0.1, 0.15) is 17.5 Å². The number of anilines is 2. The Kier molecular flexibility index (Phi) is 4.15. The molecule has 1 fully saturated rings. The van der Waals surface area contributed by atoms with Crippen LogP contribution in [0.3, 0.4) is 0 Å². The second-order valence-corrected chi connectivity index (χ2v) is 5.78. The minimum atomic E-state index is -0.247. The van der Waals surface area contributed by atoms with Crippen LogP contribution in [0, 0.1) is 0 Å². The number of rotatable bonds is 5. The number of hydrogen-bond donors (Lipinski definition) is 1. The number of amides is 1. The van der Waals surface area contributed by atoms with Crippen LogP contribution in [-0.4, -0.2) is 37.7 Å². The van der Waals surface area contributed by atoms with Crippen molar-refractivity contribution < 1.29 is 14.3 Å². The van der Waals surface area contributed by atoms with Crippen molar-refractivity contribution in [3.63, 3.8) is 0 Å². The van der Waals surface area contributed by atoms with Crippen LogP contribution in [-0.2, 0) is 4.79 Å². The van der Waals surface area contributed by atoms with Gasteiger partial charge in [0.05, 0.1) is 19.9 Å². The number of carbonyl (C=O) groups is 1. The van der Waals surface area contributed by atoms with Gasteiger partial charge in [-0.15, -0.1) is 11.3 Å². The van der Waals surface area contributed by atoms with Gasteiger partial charge in [-0.3, -0.25) is 4.79 Å². The van der Waals surface area contributed by atoms with Crippen LogP contribution < -0.4 is 19.7 Å². The van der Waals surface area contributed by atoms with E-state index >= 15 is 0 Å². The van der Waals surface area contributed by atoms with Crippen LogP contribution in [0.1, 0.15) is 6.42 Å². The molecule has 0 radical (unpaired) electrons. The number of methoxy groups -OCH3 is 2. The molecule has 116 valence electrons. The highest BCUT2D eigenvalue weighted by molar-refractivity contribution is 7.13. The molecule has 7 heteroatoms. The van der Waals surface area contributed by atoms with E-state index < -0.39 is 0 Å². The molecule has 1 amide bonds. The van der Waals surface area contributed by atoms with Gasteiger partial charge in [-0.25, -0.2) is 4.98 Å². The minimum absolute atomic E-state index is 0.0329. The van der Waals surface area contributed by atoms with Gasteiger partial charge in [0.2, 0.25) is 5.91 Å². The Bertz CT molecular complexity index is 638. The summed E-state index contributed by atoms with van der Waals surface area (Å²) in [5.41, 5.74) is 0.782. The van der Waals surface area contributed by atoms with Gasteiger partial charge in [0, 0.05) is 36.3 Å². The first-order chi connectivity index (χ1) is 10.7. The zero-order valence-electron chi connectivity index (χ0n) is 12.4. The van der Waals surface area contributed by atoms with Crippen LogP contribution in [0.5, 0.6) is 11.5 Å². The summed E-state index contributed by atoms with van der Waals surface area (Å²) in [5, 5.41) is 5.83. The molecule has 2 aromatic rings. The molecule has 2 heterocycles. The summed E-state index contributed by atoms with van der Waals surface area (Å²) >= 11 is 1.49. The Morgan fingerprint density at radius 2 is 2.00 bits per heavy atom. The van der Waals surface area contributed by atoms with E-state index in [2.05, 4.69) is 10.3 Å². The molecular weight excluding hydrogens is 302 g/mol. The van der Waals surface area contributed by atoms with Crippen LogP contribution in [0.25, 0.3) is 0 Å². The van der Waals surface area contributed by atoms with E-state index in [-0.39, 0.29) is 11.9 Å². The number of thiazole rings is 1. The maximum atomic E-state index is 12.6. The van der Waals surface area contributed by atoms with Crippen molar-refractivity contribution in [3.05, 3.63) is 29.8 Å². The average molecular weight is 319 g/mol. The molecule has 3 rings (SSSR count). The Labute approximate surface area is 132 Å². The van der Waals surface area contributed by atoms with E-state index in [9.17, 15) is 4.79 Å². The lowest BCUT2D eigenvalue weighted by molar-refractivity contribution is -0.117. The Balaban J connectivity index is 1.79. The standard InChI is InChI=1S/C15H17N3O3S/c1-20-11-7-10(8-12(9-11)21-2)18-5-3-13(14(18)19)17-15-16-4-6-22-15/h4,6-9,13H,3,5H2,1-2H3,(H,16,17). The number of nitrogens with zero attached hydrogens (tertiary/aromatic N) is 2. The molecule has 1 aliphatic rings. The average Bonchev–Trinajstić information content (AvgIpc) is 3.18. The fraction of sp³-hybridized carbons (Fsp3) is 0.333.